The number of nitrogens with one attached hydrogen (secondary N) is 1. The third-order valence-electron chi connectivity index (χ3n) is 3.72. The van der Waals surface area contributed by atoms with Gasteiger partial charge in [0.25, 0.3) is 5.91 Å². The summed E-state index contributed by atoms with van der Waals surface area (Å²) in [5.41, 5.74) is 1.11. The number of amides is 1. The van der Waals surface area contributed by atoms with Crippen molar-refractivity contribution in [2.45, 2.75) is 32.9 Å². The molecule has 0 bridgehead atoms. The van der Waals surface area contributed by atoms with Crippen molar-refractivity contribution in [2.75, 3.05) is 0 Å². The van der Waals surface area contributed by atoms with Crippen LogP contribution in [0.25, 0.3) is 5.69 Å². The number of hydrogen-bond acceptors (Lipinski definition) is 5. The van der Waals surface area contributed by atoms with Crippen molar-refractivity contribution in [2.24, 2.45) is 0 Å². The predicted molar refractivity (Wildman–Crippen MR) is 87.6 cm³/mol. The highest BCUT2D eigenvalue weighted by Gasteiger charge is 2.20. The van der Waals surface area contributed by atoms with Gasteiger partial charge in [-0.1, -0.05) is 30.3 Å². The SMILES string of the molecule is CC[C@@H](NC(=O)c1cn(-c2ccccc2)nn1)c1ncnn1CC. The Bertz CT molecular complexity index is 809. The molecule has 8 heteroatoms. The van der Waals surface area contributed by atoms with E-state index >= 15 is 0 Å². The quantitative estimate of drug-likeness (QED) is 0.746. The second kappa shape index (κ2) is 7.03. The van der Waals surface area contributed by atoms with Crippen molar-refractivity contribution >= 4 is 5.91 Å². The Morgan fingerprint density at radius 1 is 1.25 bits per heavy atom. The molecule has 3 aromatic rings. The topological polar surface area (TPSA) is 90.5 Å². The Kier molecular flexibility index (Phi) is 4.64. The van der Waals surface area contributed by atoms with Crippen LogP contribution in [0, 0.1) is 0 Å². The van der Waals surface area contributed by atoms with E-state index in [-0.39, 0.29) is 17.6 Å². The molecule has 0 aliphatic carbocycles. The zero-order chi connectivity index (χ0) is 16.9. The second-order valence-electron chi connectivity index (χ2n) is 5.25. The maximum absolute atomic E-state index is 12.5. The molecule has 2 heterocycles. The van der Waals surface area contributed by atoms with E-state index in [0.29, 0.717) is 13.0 Å². The molecule has 1 aromatic carbocycles. The number of aromatic nitrogens is 6. The van der Waals surface area contributed by atoms with Gasteiger partial charge in [-0.25, -0.2) is 14.3 Å². The van der Waals surface area contributed by atoms with Gasteiger partial charge in [0.15, 0.2) is 5.69 Å². The molecule has 8 nitrogen and oxygen atoms in total. The first kappa shape index (κ1) is 15.9. The Labute approximate surface area is 139 Å². The molecular weight excluding hydrogens is 306 g/mol. The molecule has 0 aliphatic heterocycles. The van der Waals surface area contributed by atoms with Gasteiger partial charge in [0.2, 0.25) is 0 Å². The fraction of sp³-hybridized carbons (Fsp3) is 0.312. The summed E-state index contributed by atoms with van der Waals surface area (Å²) in [7, 11) is 0. The number of hydrogen-bond donors (Lipinski definition) is 1. The van der Waals surface area contributed by atoms with Crippen molar-refractivity contribution in [1.82, 2.24) is 35.1 Å². The number of rotatable bonds is 6. The monoisotopic (exact) mass is 325 g/mol. The number of carbonyl (C=O) groups excluding carboxylic acids is 1. The molecule has 0 aliphatic rings. The Morgan fingerprint density at radius 2 is 2.04 bits per heavy atom. The van der Waals surface area contributed by atoms with Crippen LogP contribution in [0.15, 0.2) is 42.9 Å². The van der Waals surface area contributed by atoms with E-state index in [4.69, 9.17) is 0 Å². The van der Waals surface area contributed by atoms with Crippen molar-refractivity contribution in [3.05, 3.63) is 54.4 Å². The van der Waals surface area contributed by atoms with Gasteiger partial charge in [-0.05, 0) is 25.5 Å². The number of aryl methyl sites for hydroxylation is 1. The minimum absolute atomic E-state index is 0.221. The van der Waals surface area contributed by atoms with Crippen LogP contribution in [-0.4, -0.2) is 35.7 Å². The molecule has 1 amide bonds. The van der Waals surface area contributed by atoms with E-state index in [1.165, 1.54) is 6.33 Å². The van der Waals surface area contributed by atoms with E-state index in [2.05, 4.69) is 25.7 Å². The number of nitrogens with zero attached hydrogens (tertiary/aromatic N) is 6. The lowest BCUT2D eigenvalue weighted by atomic mass is 10.2. The van der Waals surface area contributed by atoms with Crippen molar-refractivity contribution in [3.63, 3.8) is 0 Å². The molecule has 3 rings (SSSR count). The third-order valence-corrected chi connectivity index (χ3v) is 3.72. The molecule has 0 unspecified atom stereocenters. The summed E-state index contributed by atoms with van der Waals surface area (Å²) in [4.78, 5) is 16.7. The Balaban J connectivity index is 1.76. The molecule has 1 atom stereocenters. The molecular formula is C16H19N7O. The normalized spacial score (nSPS) is 12.1. The van der Waals surface area contributed by atoms with Crippen LogP contribution in [-0.2, 0) is 6.54 Å². The van der Waals surface area contributed by atoms with Crippen LogP contribution in [0.1, 0.15) is 42.6 Å². The van der Waals surface area contributed by atoms with Gasteiger partial charge in [0.1, 0.15) is 12.2 Å². The molecule has 0 spiro atoms. The maximum Gasteiger partial charge on any atom is 0.274 e. The summed E-state index contributed by atoms with van der Waals surface area (Å²) in [6.45, 7) is 4.67. The van der Waals surface area contributed by atoms with Gasteiger partial charge in [0, 0.05) is 6.54 Å². The lowest BCUT2D eigenvalue weighted by molar-refractivity contribution is 0.0927. The summed E-state index contributed by atoms with van der Waals surface area (Å²) >= 11 is 0. The van der Waals surface area contributed by atoms with Gasteiger partial charge in [-0.3, -0.25) is 4.79 Å². The lowest BCUT2D eigenvalue weighted by Crippen LogP contribution is -2.30. The molecule has 24 heavy (non-hydrogen) atoms. The minimum atomic E-state index is -0.283. The molecule has 2 aromatic heterocycles. The van der Waals surface area contributed by atoms with Gasteiger partial charge < -0.3 is 5.32 Å². The first-order chi connectivity index (χ1) is 11.7. The van der Waals surface area contributed by atoms with Gasteiger partial charge in [-0.2, -0.15) is 5.10 Å². The highest BCUT2D eigenvalue weighted by atomic mass is 16.2. The highest BCUT2D eigenvalue weighted by molar-refractivity contribution is 5.92. The molecule has 0 saturated carbocycles. The van der Waals surface area contributed by atoms with Crippen molar-refractivity contribution in [1.29, 1.82) is 0 Å². The Morgan fingerprint density at radius 3 is 2.75 bits per heavy atom. The Hall–Kier alpha value is -3.03. The van der Waals surface area contributed by atoms with E-state index in [1.807, 2.05) is 44.2 Å². The van der Waals surface area contributed by atoms with Crippen LogP contribution in [0.2, 0.25) is 0 Å². The first-order valence-corrected chi connectivity index (χ1v) is 7.89. The van der Waals surface area contributed by atoms with Gasteiger partial charge in [-0.15, -0.1) is 5.10 Å². The molecule has 124 valence electrons. The summed E-state index contributed by atoms with van der Waals surface area (Å²) in [6, 6.07) is 9.30. The average Bonchev–Trinajstić information content (AvgIpc) is 3.29. The van der Waals surface area contributed by atoms with Gasteiger partial charge in [0.05, 0.1) is 17.9 Å². The van der Waals surface area contributed by atoms with Crippen molar-refractivity contribution < 1.29 is 4.79 Å². The van der Waals surface area contributed by atoms with Crippen LogP contribution >= 0.6 is 0 Å². The smallest absolute Gasteiger partial charge is 0.274 e. The summed E-state index contributed by atoms with van der Waals surface area (Å²) < 4.78 is 3.35. The van der Waals surface area contributed by atoms with Crippen LogP contribution in [0.4, 0.5) is 0 Å². The highest BCUT2D eigenvalue weighted by Crippen LogP contribution is 2.14. The van der Waals surface area contributed by atoms with Crippen LogP contribution in [0.3, 0.4) is 0 Å². The lowest BCUT2D eigenvalue weighted by Gasteiger charge is -2.15. The standard InChI is InChI=1S/C16H19N7O/c1-3-13(15-17-11-18-22(15)4-2)19-16(24)14-10-23(21-20-14)12-8-6-5-7-9-12/h5-11,13H,3-4H2,1-2H3,(H,19,24)/t13-/m1/s1. The van der Waals surface area contributed by atoms with Crippen LogP contribution in [0.5, 0.6) is 0 Å². The predicted octanol–water partition coefficient (Wildman–Crippen LogP) is 1.76. The zero-order valence-electron chi connectivity index (χ0n) is 13.6. The number of para-hydroxylation sites is 1. The third kappa shape index (κ3) is 3.17. The van der Waals surface area contributed by atoms with Crippen LogP contribution < -0.4 is 5.32 Å². The fourth-order valence-corrected chi connectivity index (χ4v) is 2.44. The minimum Gasteiger partial charge on any atom is -0.341 e. The summed E-state index contributed by atoms with van der Waals surface area (Å²) in [6.07, 6.45) is 3.82. The molecule has 0 fully saturated rings. The summed E-state index contributed by atoms with van der Waals surface area (Å²) in [5.74, 6) is 0.457. The van der Waals surface area contributed by atoms with E-state index in [1.54, 1.807) is 15.6 Å². The molecule has 0 saturated heterocycles. The fourth-order valence-electron chi connectivity index (χ4n) is 2.44. The average molecular weight is 325 g/mol. The summed E-state index contributed by atoms with van der Waals surface area (Å²) in [5, 5.41) is 15.1. The van der Waals surface area contributed by atoms with E-state index < -0.39 is 0 Å². The van der Waals surface area contributed by atoms with E-state index in [9.17, 15) is 4.79 Å². The zero-order valence-corrected chi connectivity index (χ0v) is 13.6. The van der Waals surface area contributed by atoms with Crippen molar-refractivity contribution in [3.8, 4) is 5.69 Å². The molecule has 0 radical (unpaired) electrons. The largest absolute Gasteiger partial charge is 0.341 e. The molecule has 1 N–H and O–H groups in total. The first-order valence-electron chi connectivity index (χ1n) is 7.89. The van der Waals surface area contributed by atoms with Gasteiger partial charge >= 0.3 is 0 Å². The maximum atomic E-state index is 12.5. The number of carbonyl (C=O) groups is 1. The second-order valence-corrected chi connectivity index (χ2v) is 5.25. The van der Waals surface area contributed by atoms with E-state index in [0.717, 1.165) is 11.5 Å². The number of benzene rings is 1.